The van der Waals surface area contributed by atoms with Gasteiger partial charge in [-0.2, -0.15) is 13.2 Å². The second-order valence-electron chi connectivity index (χ2n) is 11.7. The van der Waals surface area contributed by atoms with Gasteiger partial charge in [0.1, 0.15) is 24.0 Å². The van der Waals surface area contributed by atoms with Crippen molar-refractivity contribution in [3.63, 3.8) is 0 Å². The van der Waals surface area contributed by atoms with Gasteiger partial charge in [-0.25, -0.2) is 4.79 Å². The van der Waals surface area contributed by atoms with E-state index in [1.165, 1.54) is 17.0 Å². The number of pyridine rings is 1. The van der Waals surface area contributed by atoms with Crippen LogP contribution in [0.1, 0.15) is 47.7 Å². The molecule has 44 heavy (non-hydrogen) atoms. The molecule has 8 nitrogen and oxygen atoms in total. The number of hydrogen-bond acceptors (Lipinski definition) is 5. The lowest BCUT2D eigenvalue weighted by Crippen LogP contribution is -2.53. The number of fused-ring (bicyclic) bond motifs is 1. The summed E-state index contributed by atoms with van der Waals surface area (Å²) in [7, 11) is 1.90. The first-order valence-electron chi connectivity index (χ1n) is 14.6. The lowest BCUT2D eigenvalue weighted by Gasteiger charge is -2.39. The highest BCUT2D eigenvalue weighted by Gasteiger charge is 2.36. The Morgan fingerprint density at radius 1 is 1.07 bits per heavy atom. The van der Waals surface area contributed by atoms with Crippen LogP contribution in [-0.2, 0) is 19.8 Å². The Bertz CT molecular complexity index is 1870. The summed E-state index contributed by atoms with van der Waals surface area (Å²) in [6, 6.07) is 15.6. The van der Waals surface area contributed by atoms with Crippen molar-refractivity contribution in [2.45, 2.75) is 44.0 Å². The fraction of sp³-hybridized carbons (Fsp3) is 0.344. The van der Waals surface area contributed by atoms with Crippen LogP contribution < -0.4 is 10.4 Å². The number of rotatable bonds is 8. The minimum Gasteiger partial charge on any atom is -0.488 e. The molecule has 2 aromatic carbocycles. The quantitative estimate of drug-likeness (QED) is 0.210. The molecule has 0 spiro atoms. The summed E-state index contributed by atoms with van der Waals surface area (Å²) in [6.45, 7) is 1.37. The van der Waals surface area contributed by atoms with Gasteiger partial charge >= 0.3 is 11.9 Å². The summed E-state index contributed by atoms with van der Waals surface area (Å²) in [5.41, 5.74) is 0.264. The topological polar surface area (TPSA) is 69.6 Å². The van der Waals surface area contributed by atoms with Crippen LogP contribution in [0.2, 0.25) is 5.02 Å². The van der Waals surface area contributed by atoms with Crippen LogP contribution in [-0.4, -0.2) is 47.8 Å². The molecule has 5 aromatic rings. The third kappa shape index (κ3) is 5.39. The normalized spacial score (nSPS) is 17.0. The van der Waals surface area contributed by atoms with Crippen molar-refractivity contribution in [2.24, 2.45) is 13.0 Å². The molecular weight excluding hydrogens is 593 g/mol. The lowest BCUT2D eigenvalue weighted by atomic mass is 9.72. The average molecular weight is 623 g/mol. The first-order valence-corrected chi connectivity index (χ1v) is 14.9. The molecule has 1 aliphatic carbocycles. The fourth-order valence-electron chi connectivity index (χ4n) is 6.28. The van der Waals surface area contributed by atoms with E-state index in [2.05, 4.69) is 10.2 Å². The van der Waals surface area contributed by atoms with Crippen LogP contribution in [0.4, 0.5) is 13.2 Å². The molecule has 4 heterocycles. The molecule has 2 aliphatic rings. The molecule has 0 radical (unpaired) electrons. The monoisotopic (exact) mass is 622 g/mol. The molecule has 0 bridgehead atoms. The van der Waals surface area contributed by atoms with Crippen molar-refractivity contribution in [1.82, 2.24) is 28.6 Å². The third-order valence-electron chi connectivity index (χ3n) is 8.73. The molecule has 1 saturated heterocycles. The number of halogens is 4. The first-order chi connectivity index (χ1) is 21.1. The largest absolute Gasteiger partial charge is 0.488 e. The smallest absolute Gasteiger partial charge is 0.418 e. The van der Waals surface area contributed by atoms with Crippen molar-refractivity contribution in [3.05, 3.63) is 111 Å². The number of aromatic nitrogens is 5. The first kappa shape index (κ1) is 28.7. The number of imidazole rings is 1. The molecule has 0 N–H and O–H groups in total. The summed E-state index contributed by atoms with van der Waals surface area (Å²) in [6.07, 6.45) is 2.99. The van der Waals surface area contributed by atoms with E-state index in [1.54, 1.807) is 36.7 Å². The van der Waals surface area contributed by atoms with Crippen molar-refractivity contribution in [1.29, 1.82) is 0 Å². The maximum atomic E-state index is 14.3. The summed E-state index contributed by atoms with van der Waals surface area (Å²) in [5.74, 6) is 1.88. The molecule has 3 aromatic heterocycles. The van der Waals surface area contributed by atoms with E-state index in [0.29, 0.717) is 41.0 Å². The zero-order valence-corrected chi connectivity index (χ0v) is 24.7. The van der Waals surface area contributed by atoms with E-state index in [1.807, 2.05) is 34.7 Å². The van der Waals surface area contributed by atoms with Crippen LogP contribution >= 0.6 is 11.6 Å². The zero-order valence-electron chi connectivity index (χ0n) is 23.9. The van der Waals surface area contributed by atoms with E-state index in [4.69, 9.17) is 16.3 Å². The highest BCUT2D eigenvalue weighted by molar-refractivity contribution is 6.30. The van der Waals surface area contributed by atoms with Crippen molar-refractivity contribution < 1.29 is 17.9 Å². The second kappa shape index (κ2) is 11.1. The Hall–Kier alpha value is -4.09. The van der Waals surface area contributed by atoms with Crippen LogP contribution in [0.3, 0.4) is 0 Å². The van der Waals surface area contributed by atoms with Gasteiger partial charge in [-0.3, -0.25) is 13.9 Å². The highest BCUT2D eigenvalue weighted by Crippen LogP contribution is 2.43. The van der Waals surface area contributed by atoms with Gasteiger partial charge in [0, 0.05) is 50.0 Å². The molecular formula is C32H30ClF3N6O2. The Morgan fingerprint density at radius 2 is 1.84 bits per heavy atom. The van der Waals surface area contributed by atoms with Gasteiger partial charge < -0.3 is 9.30 Å². The number of benzene rings is 2. The molecule has 0 amide bonds. The van der Waals surface area contributed by atoms with Crippen molar-refractivity contribution in [2.75, 3.05) is 13.1 Å². The molecule has 12 heteroatoms. The number of likely N-dealkylation sites (tertiary alicyclic amines) is 1. The average Bonchev–Trinajstić information content (AvgIpc) is 3.52. The van der Waals surface area contributed by atoms with Crippen LogP contribution in [0.25, 0.3) is 11.2 Å². The molecule has 228 valence electrons. The van der Waals surface area contributed by atoms with Crippen LogP contribution in [0, 0.1) is 5.92 Å². The Labute approximate surface area is 256 Å². The molecule has 0 unspecified atom stereocenters. The standard InChI is InChI=1S/C32H30ClF3N6O2/c1-39-19-37-38-30(39)29(21-4-2-5-21)22-6-3-7-24(13-22)41-18-28-27(32(34,35)36)12-20(15-42(28)31(41)43)14-40-16-26(17-40)44-25-10-8-23(33)9-11-25/h3,6-13,15,18-19,21,26,29H,2,4-5,14,16-17H2,1H3/t29-/m1/s1. The predicted molar refractivity (Wildman–Crippen MR) is 159 cm³/mol. The number of hydrogen-bond donors (Lipinski definition) is 0. The molecule has 1 atom stereocenters. The zero-order chi connectivity index (χ0) is 30.6. The summed E-state index contributed by atoms with van der Waals surface area (Å²) in [5, 5.41) is 9.04. The molecule has 1 aliphatic heterocycles. The minimum atomic E-state index is -4.64. The van der Waals surface area contributed by atoms with Gasteiger partial charge in [-0.15, -0.1) is 10.2 Å². The number of alkyl halides is 3. The number of nitrogens with zero attached hydrogens (tertiary/aromatic N) is 6. The number of ether oxygens (including phenoxy) is 1. The van der Waals surface area contributed by atoms with Gasteiger partial charge in [-0.05, 0) is 72.4 Å². The summed E-state index contributed by atoms with van der Waals surface area (Å²) < 4.78 is 53.2. The van der Waals surface area contributed by atoms with Crippen LogP contribution in [0.5, 0.6) is 5.75 Å². The Morgan fingerprint density at radius 3 is 2.50 bits per heavy atom. The third-order valence-corrected chi connectivity index (χ3v) is 8.98. The minimum absolute atomic E-state index is 0.0229. The van der Waals surface area contributed by atoms with Crippen molar-refractivity contribution >= 4 is 17.1 Å². The lowest BCUT2D eigenvalue weighted by molar-refractivity contribution is -0.136. The van der Waals surface area contributed by atoms with Crippen molar-refractivity contribution in [3.8, 4) is 11.4 Å². The SMILES string of the molecule is Cn1cnnc1[C@@H](c1cccc(-n2cc3c(C(F)(F)F)cc(CN4CC(Oc5ccc(Cl)cc5)C4)cn3c2=O)c1)C1CCC1. The fourth-order valence-corrected chi connectivity index (χ4v) is 6.41. The van der Waals surface area contributed by atoms with Gasteiger partial charge in [-0.1, -0.05) is 30.2 Å². The Kier molecular flexibility index (Phi) is 7.25. The van der Waals surface area contributed by atoms with Gasteiger partial charge in [0.25, 0.3) is 0 Å². The Balaban J connectivity index is 1.18. The molecule has 1 saturated carbocycles. The van der Waals surface area contributed by atoms with Gasteiger partial charge in [0.15, 0.2) is 0 Å². The van der Waals surface area contributed by atoms with Crippen LogP contribution in [0.15, 0.2) is 78.1 Å². The van der Waals surface area contributed by atoms with E-state index in [9.17, 15) is 18.0 Å². The summed E-state index contributed by atoms with van der Waals surface area (Å²) in [4.78, 5) is 15.6. The number of aryl methyl sites for hydroxylation is 1. The summed E-state index contributed by atoms with van der Waals surface area (Å²) >= 11 is 5.93. The highest BCUT2D eigenvalue weighted by atomic mass is 35.5. The maximum absolute atomic E-state index is 14.3. The van der Waals surface area contributed by atoms with E-state index in [0.717, 1.165) is 41.1 Å². The van der Waals surface area contributed by atoms with Gasteiger partial charge in [0.05, 0.1) is 16.8 Å². The maximum Gasteiger partial charge on any atom is 0.418 e. The predicted octanol–water partition coefficient (Wildman–Crippen LogP) is 6.09. The van der Waals surface area contributed by atoms with E-state index in [-0.39, 0.29) is 24.1 Å². The van der Waals surface area contributed by atoms with E-state index < -0.39 is 17.4 Å². The molecule has 2 fully saturated rings. The second-order valence-corrected chi connectivity index (χ2v) is 12.2. The van der Waals surface area contributed by atoms with Gasteiger partial charge in [0.2, 0.25) is 0 Å². The molecule has 7 rings (SSSR count). The van der Waals surface area contributed by atoms with E-state index >= 15 is 0 Å².